The maximum absolute atomic E-state index is 12.7. The van der Waals surface area contributed by atoms with E-state index in [2.05, 4.69) is 0 Å². The van der Waals surface area contributed by atoms with Gasteiger partial charge in [0.25, 0.3) is 0 Å². The van der Waals surface area contributed by atoms with Crippen molar-refractivity contribution in [1.29, 1.82) is 0 Å². The highest BCUT2D eigenvalue weighted by atomic mass is 35.5. The fourth-order valence-electron chi connectivity index (χ4n) is 2.55. The van der Waals surface area contributed by atoms with E-state index < -0.39 is 10.0 Å². The van der Waals surface area contributed by atoms with Crippen LogP contribution in [-0.2, 0) is 10.0 Å². The number of halogens is 2. The minimum absolute atomic E-state index is 0.0510. The lowest BCUT2D eigenvalue weighted by atomic mass is 10.1. The molecule has 1 fully saturated rings. The van der Waals surface area contributed by atoms with Gasteiger partial charge in [-0.2, -0.15) is 4.31 Å². The van der Waals surface area contributed by atoms with Crippen molar-refractivity contribution < 1.29 is 13.5 Å². The lowest BCUT2D eigenvalue weighted by Crippen LogP contribution is -2.35. The summed E-state index contributed by atoms with van der Waals surface area (Å²) in [4.78, 5) is 0.130. The Balaban J connectivity index is 2.29. The van der Waals surface area contributed by atoms with Crippen molar-refractivity contribution in [2.75, 3.05) is 13.2 Å². The Labute approximate surface area is 129 Å². The first kappa shape index (κ1) is 16.0. The third kappa shape index (κ3) is 3.46. The van der Waals surface area contributed by atoms with Gasteiger partial charge in [0.15, 0.2) is 0 Å². The molecule has 112 valence electrons. The number of aliphatic hydroxyl groups excluding tert-OH is 1. The SMILES string of the molecule is O=S(=O)(c1cc(Cl)cc(Cl)c1)N1CCCC1CCCO. The predicted molar refractivity (Wildman–Crippen MR) is 79.7 cm³/mol. The Morgan fingerprint density at radius 1 is 1.25 bits per heavy atom. The summed E-state index contributed by atoms with van der Waals surface area (Å²) in [6, 6.07) is 4.30. The number of benzene rings is 1. The summed E-state index contributed by atoms with van der Waals surface area (Å²) in [5, 5.41) is 9.52. The fourth-order valence-corrected chi connectivity index (χ4v) is 5.00. The molecular formula is C13H17Cl2NO3S. The van der Waals surface area contributed by atoms with Gasteiger partial charge in [0.1, 0.15) is 0 Å². The molecular weight excluding hydrogens is 321 g/mol. The van der Waals surface area contributed by atoms with Crippen molar-refractivity contribution in [3.8, 4) is 0 Å². The summed E-state index contributed by atoms with van der Waals surface area (Å²) in [5.74, 6) is 0. The maximum atomic E-state index is 12.7. The molecule has 4 nitrogen and oxygen atoms in total. The molecule has 0 radical (unpaired) electrons. The molecule has 0 saturated carbocycles. The number of aliphatic hydroxyl groups is 1. The number of rotatable bonds is 5. The van der Waals surface area contributed by atoms with Crippen LogP contribution >= 0.6 is 23.2 Å². The van der Waals surface area contributed by atoms with E-state index in [-0.39, 0.29) is 17.5 Å². The van der Waals surface area contributed by atoms with Crippen LogP contribution in [0.25, 0.3) is 0 Å². The first-order valence-electron chi connectivity index (χ1n) is 6.54. The molecule has 1 heterocycles. The topological polar surface area (TPSA) is 57.6 Å². The summed E-state index contributed by atoms with van der Waals surface area (Å²) in [7, 11) is -3.58. The van der Waals surface area contributed by atoms with Gasteiger partial charge in [0.05, 0.1) is 4.90 Å². The zero-order valence-corrected chi connectivity index (χ0v) is 13.3. The van der Waals surface area contributed by atoms with E-state index in [1.54, 1.807) is 0 Å². The number of hydrogen-bond donors (Lipinski definition) is 1. The molecule has 2 rings (SSSR count). The van der Waals surface area contributed by atoms with Gasteiger partial charge in [-0.1, -0.05) is 23.2 Å². The van der Waals surface area contributed by atoms with Crippen LogP contribution in [0.1, 0.15) is 25.7 Å². The summed E-state index contributed by atoms with van der Waals surface area (Å²) in [5.41, 5.74) is 0. The first-order chi connectivity index (χ1) is 9.45. The van der Waals surface area contributed by atoms with Crippen molar-refractivity contribution in [3.05, 3.63) is 28.2 Å². The number of sulfonamides is 1. The Bertz CT molecular complexity index is 557. The van der Waals surface area contributed by atoms with E-state index in [1.165, 1.54) is 22.5 Å². The van der Waals surface area contributed by atoms with Crippen LogP contribution in [0, 0.1) is 0 Å². The normalized spacial score (nSPS) is 20.4. The summed E-state index contributed by atoms with van der Waals surface area (Å²) >= 11 is 11.8. The highest BCUT2D eigenvalue weighted by Crippen LogP contribution is 2.31. The van der Waals surface area contributed by atoms with E-state index in [1.807, 2.05) is 0 Å². The van der Waals surface area contributed by atoms with Gasteiger partial charge in [0.2, 0.25) is 10.0 Å². The van der Waals surface area contributed by atoms with Crippen molar-refractivity contribution in [2.24, 2.45) is 0 Å². The average molecular weight is 338 g/mol. The molecule has 1 unspecified atom stereocenters. The first-order valence-corrected chi connectivity index (χ1v) is 8.73. The van der Waals surface area contributed by atoms with Crippen LogP contribution in [0.5, 0.6) is 0 Å². The zero-order valence-electron chi connectivity index (χ0n) is 10.9. The van der Waals surface area contributed by atoms with Crippen LogP contribution in [-0.4, -0.2) is 37.0 Å². The fraction of sp³-hybridized carbons (Fsp3) is 0.538. The van der Waals surface area contributed by atoms with Crippen molar-refractivity contribution in [3.63, 3.8) is 0 Å². The second-order valence-electron chi connectivity index (χ2n) is 4.88. The Morgan fingerprint density at radius 2 is 1.90 bits per heavy atom. The monoisotopic (exact) mass is 337 g/mol. The van der Waals surface area contributed by atoms with Gasteiger partial charge in [-0.3, -0.25) is 0 Å². The molecule has 0 amide bonds. The van der Waals surface area contributed by atoms with E-state index >= 15 is 0 Å². The van der Waals surface area contributed by atoms with Crippen LogP contribution in [0.4, 0.5) is 0 Å². The van der Waals surface area contributed by atoms with E-state index in [4.69, 9.17) is 28.3 Å². The van der Waals surface area contributed by atoms with Crippen molar-refractivity contribution in [1.82, 2.24) is 4.31 Å². The largest absolute Gasteiger partial charge is 0.396 e. The average Bonchev–Trinajstić information content (AvgIpc) is 2.84. The van der Waals surface area contributed by atoms with Crippen molar-refractivity contribution >= 4 is 33.2 Å². The number of nitrogens with zero attached hydrogens (tertiary/aromatic N) is 1. The second-order valence-corrected chi connectivity index (χ2v) is 7.65. The zero-order chi connectivity index (χ0) is 14.8. The highest BCUT2D eigenvalue weighted by molar-refractivity contribution is 7.89. The Morgan fingerprint density at radius 3 is 2.50 bits per heavy atom. The molecule has 1 aliphatic heterocycles. The smallest absolute Gasteiger partial charge is 0.243 e. The van der Waals surface area contributed by atoms with Crippen LogP contribution in [0.3, 0.4) is 0 Å². The van der Waals surface area contributed by atoms with Crippen LogP contribution < -0.4 is 0 Å². The molecule has 20 heavy (non-hydrogen) atoms. The van der Waals surface area contributed by atoms with Gasteiger partial charge in [0, 0.05) is 29.2 Å². The van der Waals surface area contributed by atoms with Crippen LogP contribution in [0.2, 0.25) is 10.0 Å². The Kier molecular flexibility index (Phi) is 5.31. The molecule has 0 spiro atoms. The molecule has 1 aliphatic rings. The summed E-state index contributed by atoms with van der Waals surface area (Å²) in [6.07, 6.45) is 2.94. The Hall–Kier alpha value is -0.330. The van der Waals surface area contributed by atoms with Gasteiger partial charge in [-0.05, 0) is 43.9 Å². The summed E-state index contributed by atoms with van der Waals surface area (Å²) in [6.45, 7) is 0.579. The minimum atomic E-state index is -3.58. The van der Waals surface area contributed by atoms with Gasteiger partial charge in [-0.15, -0.1) is 0 Å². The van der Waals surface area contributed by atoms with Crippen molar-refractivity contribution in [2.45, 2.75) is 36.6 Å². The molecule has 7 heteroatoms. The standard InChI is InChI=1S/C13H17Cl2NO3S/c14-10-7-11(15)9-13(8-10)20(18,19)16-5-1-3-12(16)4-2-6-17/h7-9,12,17H,1-6H2. The quantitative estimate of drug-likeness (QED) is 0.898. The van der Waals surface area contributed by atoms with E-state index in [0.29, 0.717) is 29.4 Å². The van der Waals surface area contributed by atoms with Crippen LogP contribution in [0.15, 0.2) is 23.1 Å². The van der Waals surface area contributed by atoms with Gasteiger partial charge in [-0.25, -0.2) is 8.42 Å². The van der Waals surface area contributed by atoms with Gasteiger partial charge >= 0.3 is 0 Å². The molecule has 0 bridgehead atoms. The molecule has 1 N–H and O–H groups in total. The third-order valence-electron chi connectivity index (χ3n) is 3.46. The minimum Gasteiger partial charge on any atom is -0.396 e. The van der Waals surface area contributed by atoms with Gasteiger partial charge < -0.3 is 5.11 Å². The predicted octanol–water partition coefficient (Wildman–Crippen LogP) is 2.92. The molecule has 1 saturated heterocycles. The lowest BCUT2D eigenvalue weighted by Gasteiger charge is -2.24. The maximum Gasteiger partial charge on any atom is 0.243 e. The molecule has 0 aliphatic carbocycles. The third-order valence-corrected chi connectivity index (χ3v) is 5.83. The highest BCUT2D eigenvalue weighted by Gasteiger charge is 2.35. The molecule has 0 aromatic heterocycles. The van der Waals surface area contributed by atoms with E-state index in [0.717, 1.165) is 12.8 Å². The van der Waals surface area contributed by atoms with E-state index in [9.17, 15) is 8.42 Å². The second kappa shape index (κ2) is 6.62. The molecule has 1 aromatic rings. The lowest BCUT2D eigenvalue weighted by molar-refractivity contribution is 0.264. The molecule has 1 aromatic carbocycles. The number of hydrogen-bond acceptors (Lipinski definition) is 3. The molecule has 1 atom stereocenters. The summed E-state index contributed by atoms with van der Waals surface area (Å²) < 4.78 is 26.8.